The molecule has 1 aliphatic heterocycles. The van der Waals surface area contributed by atoms with Crippen LogP contribution in [0.2, 0.25) is 0 Å². The van der Waals surface area contributed by atoms with E-state index in [0.29, 0.717) is 5.56 Å². The van der Waals surface area contributed by atoms with Crippen LogP contribution in [0.4, 0.5) is 5.69 Å². The molecule has 0 saturated heterocycles. The quantitative estimate of drug-likeness (QED) is 0.755. The predicted molar refractivity (Wildman–Crippen MR) is 111 cm³/mol. The van der Waals surface area contributed by atoms with Gasteiger partial charge in [-0.15, -0.1) is 0 Å². The Hall–Kier alpha value is -2.86. The highest BCUT2D eigenvalue weighted by Crippen LogP contribution is 2.18. The van der Waals surface area contributed by atoms with Gasteiger partial charge in [0.1, 0.15) is 0 Å². The maximum Gasteiger partial charge on any atom is 0.269 e. The monoisotopic (exact) mass is 380 g/mol. The third-order valence-electron chi connectivity index (χ3n) is 5.15. The summed E-state index contributed by atoms with van der Waals surface area (Å²) in [5, 5.41) is 0. The van der Waals surface area contributed by atoms with Gasteiger partial charge in [0.15, 0.2) is 0 Å². The SMILES string of the molecule is CCN(CC)c1ccc(C(=O)NNC(=O)CN2CCc3ccccc3C2)cc1. The van der Waals surface area contributed by atoms with E-state index in [4.69, 9.17) is 0 Å². The zero-order valence-corrected chi connectivity index (χ0v) is 16.6. The van der Waals surface area contributed by atoms with Gasteiger partial charge >= 0.3 is 0 Å². The third-order valence-corrected chi connectivity index (χ3v) is 5.15. The summed E-state index contributed by atoms with van der Waals surface area (Å²) < 4.78 is 0. The molecule has 0 aliphatic carbocycles. The lowest BCUT2D eigenvalue weighted by Gasteiger charge is -2.28. The number of amides is 2. The highest BCUT2D eigenvalue weighted by atomic mass is 16.2. The first-order chi connectivity index (χ1) is 13.6. The van der Waals surface area contributed by atoms with Crippen molar-refractivity contribution in [2.75, 3.05) is 31.1 Å². The minimum Gasteiger partial charge on any atom is -0.372 e. The number of fused-ring (bicyclic) bond motifs is 1. The van der Waals surface area contributed by atoms with Gasteiger partial charge in [0.2, 0.25) is 0 Å². The average molecular weight is 380 g/mol. The molecule has 0 fully saturated rings. The number of hydrogen-bond acceptors (Lipinski definition) is 4. The summed E-state index contributed by atoms with van der Waals surface area (Å²) in [6.07, 6.45) is 0.939. The molecule has 6 heteroatoms. The Morgan fingerprint density at radius 1 is 0.964 bits per heavy atom. The number of rotatable bonds is 6. The molecular weight excluding hydrogens is 352 g/mol. The van der Waals surface area contributed by atoms with Crippen molar-refractivity contribution in [2.24, 2.45) is 0 Å². The lowest BCUT2D eigenvalue weighted by Crippen LogP contribution is -2.47. The summed E-state index contributed by atoms with van der Waals surface area (Å²) in [4.78, 5) is 28.8. The van der Waals surface area contributed by atoms with Crippen molar-refractivity contribution in [2.45, 2.75) is 26.8 Å². The maximum atomic E-state index is 12.3. The molecule has 2 N–H and O–H groups in total. The molecule has 6 nitrogen and oxygen atoms in total. The Labute approximate surface area is 166 Å². The zero-order chi connectivity index (χ0) is 19.9. The molecule has 148 valence electrons. The minimum atomic E-state index is -0.316. The van der Waals surface area contributed by atoms with E-state index in [1.54, 1.807) is 12.1 Å². The number of nitrogens with one attached hydrogen (secondary N) is 2. The second-order valence-electron chi connectivity index (χ2n) is 6.95. The molecular formula is C22H28N4O2. The van der Waals surface area contributed by atoms with Gasteiger partial charge in [-0.3, -0.25) is 25.3 Å². The van der Waals surface area contributed by atoms with Crippen molar-refractivity contribution in [3.8, 4) is 0 Å². The fraction of sp³-hybridized carbons (Fsp3) is 0.364. The van der Waals surface area contributed by atoms with Crippen molar-refractivity contribution >= 4 is 17.5 Å². The van der Waals surface area contributed by atoms with Crippen LogP contribution in [0.3, 0.4) is 0 Å². The first-order valence-electron chi connectivity index (χ1n) is 9.84. The first-order valence-corrected chi connectivity index (χ1v) is 9.84. The van der Waals surface area contributed by atoms with Crippen LogP contribution >= 0.6 is 0 Å². The molecule has 0 radical (unpaired) electrons. The molecule has 1 heterocycles. The molecule has 0 aromatic heterocycles. The number of hydrazine groups is 1. The Kier molecular flexibility index (Phi) is 6.66. The van der Waals surface area contributed by atoms with Gasteiger partial charge in [0, 0.05) is 37.4 Å². The Morgan fingerprint density at radius 3 is 2.32 bits per heavy atom. The molecule has 2 aromatic rings. The maximum absolute atomic E-state index is 12.3. The molecule has 0 saturated carbocycles. The Bertz CT molecular complexity index is 816. The van der Waals surface area contributed by atoms with Crippen molar-refractivity contribution in [1.29, 1.82) is 0 Å². The molecule has 3 rings (SSSR count). The van der Waals surface area contributed by atoms with E-state index in [2.05, 4.69) is 46.6 Å². The molecule has 0 atom stereocenters. The van der Waals surface area contributed by atoms with Gasteiger partial charge in [0.25, 0.3) is 11.8 Å². The van der Waals surface area contributed by atoms with E-state index in [1.807, 2.05) is 24.3 Å². The van der Waals surface area contributed by atoms with Crippen molar-refractivity contribution in [3.63, 3.8) is 0 Å². The second kappa shape index (κ2) is 9.37. The fourth-order valence-electron chi connectivity index (χ4n) is 3.54. The molecule has 0 spiro atoms. The van der Waals surface area contributed by atoms with E-state index in [1.165, 1.54) is 11.1 Å². The van der Waals surface area contributed by atoms with Gasteiger partial charge in [-0.25, -0.2) is 0 Å². The largest absolute Gasteiger partial charge is 0.372 e. The van der Waals surface area contributed by atoms with E-state index >= 15 is 0 Å². The summed E-state index contributed by atoms with van der Waals surface area (Å²) in [5.41, 5.74) is 9.23. The van der Waals surface area contributed by atoms with Gasteiger partial charge in [-0.2, -0.15) is 0 Å². The Balaban J connectivity index is 1.47. The summed E-state index contributed by atoms with van der Waals surface area (Å²) >= 11 is 0. The topological polar surface area (TPSA) is 64.7 Å². The van der Waals surface area contributed by atoms with Crippen molar-refractivity contribution < 1.29 is 9.59 Å². The van der Waals surface area contributed by atoms with Crippen LogP contribution in [0, 0.1) is 0 Å². The molecule has 2 aromatic carbocycles. The van der Waals surface area contributed by atoms with Gasteiger partial charge in [-0.05, 0) is 55.7 Å². The first kappa shape index (κ1) is 19.9. The minimum absolute atomic E-state index is 0.215. The molecule has 0 bridgehead atoms. The highest BCUT2D eigenvalue weighted by Gasteiger charge is 2.18. The zero-order valence-electron chi connectivity index (χ0n) is 16.6. The number of carbonyl (C=O) groups excluding carboxylic acids is 2. The summed E-state index contributed by atoms with van der Waals surface area (Å²) in [5.74, 6) is -0.532. The van der Waals surface area contributed by atoms with Crippen LogP contribution in [-0.4, -0.2) is 42.9 Å². The highest BCUT2D eigenvalue weighted by molar-refractivity contribution is 5.95. The van der Waals surface area contributed by atoms with Crippen LogP contribution in [0.1, 0.15) is 35.3 Å². The molecule has 2 amide bonds. The fourth-order valence-corrected chi connectivity index (χ4v) is 3.54. The third kappa shape index (κ3) is 4.89. The van der Waals surface area contributed by atoms with Crippen molar-refractivity contribution in [1.82, 2.24) is 15.8 Å². The van der Waals surface area contributed by atoms with E-state index in [9.17, 15) is 9.59 Å². The summed E-state index contributed by atoms with van der Waals surface area (Å²) in [6.45, 7) is 7.88. The molecule has 28 heavy (non-hydrogen) atoms. The van der Waals surface area contributed by atoms with Gasteiger partial charge < -0.3 is 4.90 Å². The lowest BCUT2D eigenvalue weighted by atomic mass is 10.00. The van der Waals surface area contributed by atoms with E-state index in [-0.39, 0.29) is 18.4 Å². The number of carbonyl (C=O) groups is 2. The summed E-state index contributed by atoms with van der Waals surface area (Å²) in [6, 6.07) is 15.7. The number of anilines is 1. The number of nitrogens with zero attached hydrogens (tertiary/aromatic N) is 2. The smallest absolute Gasteiger partial charge is 0.269 e. The van der Waals surface area contributed by atoms with Crippen LogP contribution < -0.4 is 15.8 Å². The number of benzene rings is 2. The van der Waals surface area contributed by atoms with Crippen LogP contribution in [0.25, 0.3) is 0 Å². The van der Waals surface area contributed by atoms with Gasteiger partial charge in [-0.1, -0.05) is 24.3 Å². The number of hydrogen-bond donors (Lipinski definition) is 2. The normalized spacial score (nSPS) is 13.5. The van der Waals surface area contributed by atoms with Gasteiger partial charge in [0.05, 0.1) is 6.54 Å². The van der Waals surface area contributed by atoms with Crippen LogP contribution in [-0.2, 0) is 17.8 Å². The standard InChI is InChI=1S/C22H28N4O2/c1-3-26(4-2)20-11-9-18(10-12-20)22(28)24-23-21(27)16-25-14-13-17-7-5-6-8-19(17)15-25/h5-12H,3-4,13-16H2,1-2H3,(H,23,27)(H,24,28). The second-order valence-corrected chi connectivity index (χ2v) is 6.95. The van der Waals surface area contributed by atoms with E-state index in [0.717, 1.165) is 38.3 Å². The van der Waals surface area contributed by atoms with Crippen LogP contribution in [0.15, 0.2) is 48.5 Å². The average Bonchev–Trinajstić information content (AvgIpc) is 2.73. The van der Waals surface area contributed by atoms with E-state index < -0.39 is 0 Å². The van der Waals surface area contributed by atoms with Crippen LogP contribution in [0.5, 0.6) is 0 Å². The Morgan fingerprint density at radius 2 is 1.64 bits per heavy atom. The van der Waals surface area contributed by atoms with Crippen molar-refractivity contribution in [3.05, 3.63) is 65.2 Å². The molecule has 0 unspecified atom stereocenters. The predicted octanol–water partition coefficient (Wildman–Crippen LogP) is 2.35. The molecule has 1 aliphatic rings. The lowest BCUT2D eigenvalue weighted by molar-refractivity contribution is -0.123. The summed E-state index contributed by atoms with van der Waals surface area (Å²) in [7, 11) is 0.